The zero-order valence-corrected chi connectivity index (χ0v) is 18.0. The molecule has 0 N–H and O–H groups in total. The molecule has 0 aromatic heterocycles. The number of hydrogen-bond donors (Lipinski definition) is 0. The molecule has 0 heterocycles. The molecular weight excluding hydrogens is 402 g/mol. The summed E-state index contributed by atoms with van der Waals surface area (Å²) in [6.07, 6.45) is 2.19. The molecule has 146 valence electrons. The lowest BCUT2D eigenvalue weighted by Crippen LogP contribution is -1.90. The molecule has 4 aromatic carbocycles. The largest absolute Gasteiger partial charge is 0.242 e. The van der Waals surface area contributed by atoms with Crippen molar-refractivity contribution >= 4 is 39.2 Å². The molecule has 3 heteroatoms. The third-order valence-corrected chi connectivity index (χ3v) is 6.25. The summed E-state index contributed by atoms with van der Waals surface area (Å²) in [4.78, 5) is 8.49. The minimum atomic E-state index is 0.948. The van der Waals surface area contributed by atoms with Crippen molar-refractivity contribution in [3.63, 3.8) is 0 Å². The molecule has 4 rings (SSSR count). The first-order valence-electron chi connectivity index (χ1n) is 9.73. The van der Waals surface area contributed by atoms with Crippen LogP contribution in [0.5, 0.6) is 0 Å². The number of nitrogens with zero attached hydrogens (tertiary/aromatic N) is 1. The zero-order valence-electron chi connectivity index (χ0n) is 16.4. The van der Waals surface area contributed by atoms with Crippen molar-refractivity contribution in [2.24, 2.45) is 4.99 Å². The van der Waals surface area contributed by atoms with Crippen LogP contribution in [-0.4, -0.2) is 5.04 Å². The molecule has 0 atom stereocenters. The molecule has 0 fully saturated rings. The number of benzene rings is 4. The number of aliphatic imine (C=N–C) groups is 1. The molecule has 30 heavy (non-hydrogen) atoms. The third-order valence-electron chi connectivity index (χ3n) is 4.25. The maximum Gasteiger partial charge on any atom is 0.103 e. The van der Waals surface area contributed by atoms with Gasteiger partial charge in [-0.3, -0.25) is 0 Å². The van der Waals surface area contributed by atoms with E-state index in [0.29, 0.717) is 0 Å². The van der Waals surface area contributed by atoms with Crippen molar-refractivity contribution in [3.8, 4) is 0 Å². The highest BCUT2D eigenvalue weighted by Crippen LogP contribution is 2.36. The predicted molar refractivity (Wildman–Crippen MR) is 133 cm³/mol. The van der Waals surface area contributed by atoms with E-state index >= 15 is 0 Å². The van der Waals surface area contributed by atoms with Crippen LogP contribution < -0.4 is 0 Å². The van der Waals surface area contributed by atoms with Gasteiger partial charge in [0.2, 0.25) is 0 Å². The second kappa shape index (κ2) is 10.7. The SMILES string of the molecule is C(/C(=Nc1ccccc1)Sc1ccccc1)=C(/Sc1ccccc1)c1ccccc1. The Kier molecular flexibility index (Phi) is 7.21. The van der Waals surface area contributed by atoms with Gasteiger partial charge in [0.25, 0.3) is 0 Å². The molecule has 0 saturated carbocycles. The van der Waals surface area contributed by atoms with E-state index in [4.69, 9.17) is 4.99 Å². The van der Waals surface area contributed by atoms with E-state index in [0.717, 1.165) is 10.7 Å². The van der Waals surface area contributed by atoms with E-state index in [1.807, 2.05) is 48.5 Å². The first-order chi connectivity index (χ1) is 14.9. The Morgan fingerprint density at radius 1 is 0.533 bits per heavy atom. The van der Waals surface area contributed by atoms with Gasteiger partial charge < -0.3 is 0 Å². The topological polar surface area (TPSA) is 12.4 Å². The fraction of sp³-hybridized carbons (Fsp3) is 0. The second-order valence-electron chi connectivity index (χ2n) is 6.49. The molecule has 0 aliphatic rings. The third kappa shape index (κ3) is 5.99. The van der Waals surface area contributed by atoms with Crippen LogP contribution in [0.25, 0.3) is 4.91 Å². The summed E-state index contributed by atoms with van der Waals surface area (Å²) in [6, 6.07) is 41.5. The normalized spacial score (nSPS) is 12.0. The van der Waals surface area contributed by atoms with Crippen molar-refractivity contribution < 1.29 is 0 Å². The Bertz CT molecular complexity index is 1110. The number of para-hydroxylation sites is 1. The molecule has 0 saturated heterocycles. The summed E-state index contributed by atoms with van der Waals surface area (Å²) in [5.74, 6) is 0. The molecule has 0 amide bonds. The summed E-state index contributed by atoms with van der Waals surface area (Å²) in [6.45, 7) is 0. The van der Waals surface area contributed by atoms with Crippen LogP contribution in [0.4, 0.5) is 5.69 Å². The van der Waals surface area contributed by atoms with E-state index in [2.05, 4.69) is 78.9 Å². The summed E-state index contributed by atoms with van der Waals surface area (Å²) < 4.78 is 0. The molecular formula is C27H21NS2. The Morgan fingerprint density at radius 3 is 1.57 bits per heavy atom. The maximum absolute atomic E-state index is 4.95. The lowest BCUT2D eigenvalue weighted by atomic mass is 10.2. The van der Waals surface area contributed by atoms with E-state index < -0.39 is 0 Å². The van der Waals surface area contributed by atoms with Crippen LogP contribution in [0.2, 0.25) is 0 Å². The first-order valence-corrected chi connectivity index (χ1v) is 11.4. The van der Waals surface area contributed by atoms with E-state index in [-0.39, 0.29) is 0 Å². The van der Waals surface area contributed by atoms with Crippen molar-refractivity contribution in [1.82, 2.24) is 0 Å². The van der Waals surface area contributed by atoms with Gasteiger partial charge in [-0.25, -0.2) is 4.99 Å². The average molecular weight is 424 g/mol. The van der Waals surface area contributed by atoms with Gasteiger partial charge in [-0.05, 0) is 48.0 Å². The van der Waals surface area contributed by atoms with Crippen molar-refractivity contribution in [2.75, 3.05) is 0 Å². The highest BCUT2D eigenvalue weighted by molar-refractivity contribution is 8.14. The van der Waals surface area contributed by atoms with Gasteiger partial charge in [-0.15, -0.1) is 0 Å². The molecule has 0 aliphatic heterocycles. The average Bonchev–Trinajstić information content (AvgIpc) is 2.81. The van der Waals surface area contributed by atoms with Gasteiger partial charge in [0.05, 0.1) is 5.69 Å². The molecule has 0 bridgehead atoms. The van der Waals surface area contributed by atoms with Gasteiger partial charge >= 0.3 is 0 Å². The fourth-order valence-electron chi connectivity index (χ4n) is 2.83. The summed E-state index contributed by atoms with van der Waals surface area (Å²) >= 11 is 3.44. The number of hydrogen-bond acceptors (Lipinski definition) is 3. The van der Waals surface area contributed by atoms with Crippen molar-refractivity contribution in [1.29, 1.82) is 0 Å². The fourth-order valence-corrected chi connectivity index (χ4v) is 4.73. The van der Waals surface area contributed by atoms with Gasteiger partial charge in [0, 0.05) is 14.7 Å². The monoisotopic (exact) mass is 423 g/mol. The Balaban J connectivity index is 1.76. The summed E-state index contributed by atoms with van der Waals surface area (Å²) in [5.41, 5.74) is 2.13. The van der Waals surface area contributed by atoms with E-state index in [9.17, 15) is 0 Å². The van der Waals surface area contributed by atoms with Crippen molar-refractivity contribution in [2.45, 2.75) is 9.79 Å². The van der Waals surface area contributed by atoms with Crippen LogP contribution in [0.15, 0.2) is 142 Å². The highest BCUT2D eigenvalue weighted by atomic mass is 32.2. The molecule has 0 unspecified atom stereocenters. The predicted octanol–water partition coefficient (Wildman–Crippen LogP) is 8.34. The number of rotatable bonds is 6. The number of thioether (sulfide) groups is 2. The Morgan fingerprint density at radius 2 is 1.00 bits per heavy atom. The lowest BCUT2D eigenvalue weighted by Gasteiger charge is -2.10. The van der Waals surface area contributed by atoms with Crippen LogP contribution in [0.1, 0.15) is 5.56 Å². The second-order valence-corrected chi connectivity index (χ2v) is 8.70. The lowest BCUT2D eigenvalue weighted by molar-refractivity contribution is 1.47. The molecule has 0 radical (unpaired) electrons. The standard InChI is InChI=1S/C27H21NS2/c1-5-13-22(14-6-1)26(29-24-17-9-3-10-18-24)21-27(28-23-15-7-2-8-16-23)30-25-19-11-4-12-20-25/h1-21H/b26-21-,28-27?. The Hall–Kier alpha value is -3.01. The molecule has 0 aliphatic carbocycles. The van der Waals surface area contributed by atoms with E-state index in [1.54, 1.807) is 23.5 Å². The van der Waals surface area contributed by atoms with Crippen molar-refractivity contribution in [3.05, 3.63) is 133 Å². The summed E-state index contributed by atoms with van der Waals surface area (Å²) in [5, 5.41) is 0.953. The van der Waals surface area contributed by atoms with Crippen LogP contribution in [0, 0.1) is 0 Å². The van der Waals surface area contributed by atoms with Gasteiger partial charge in [-0.2, -0.15) is 0 Å². The van der Waals surface area contributed by atoms with Gasteiger partial charge in [0.15, 0.2) is 0 Å². The first kappa shape index (κ1) is 20.3. The zero-order chi connectivity index (χ0) is 20.4. The minimum Gasteiger partial charge on any atom is -0.242 e. The van der Waals surface area contributed by atoms with Gasteiger partial charge in [0.1, 0.15) is 5.04 Å². The van der Waals surface area contributed by atoms with Gasteiger partial charge in [-0.1, -0.05) is 108 Å². The van der Waals surface area contributed by atoms with Crippen LogP contribution in [0.3, 0.4) is 0 Å². The maximum atomic E-state index is 4.95. The highest BCUT2D eigenvalue weighted by Gasteiger charge is 2.08. The van der Waals surface area contributed by atoms with E-state index in [1.165, 1.54) is 20.3 Å². The summed E-state index contributed by atoms with van der Waals surface area (Å²) in [7, 11) is 0. The Labute approximate surface area is 186 Å². The molecule has 4 aromatic rings. The minimum absolute atomic E-state index is 0.948. The quantitative estimate of drug-likeness (QED) is 0.175. The smallest absolute Gasteiger partial charge is 0.103 e. The molecule has 0 spiro atoms. The van der Waals surface area contributed by atoms with Crippen LogP contribution in [-0.2, 0) is 0 Å². The molecule has 1 nitrogen and oxygen atoms in total. The van der Waals surface area contributed by atoms with Crippen LogP contribution >= 0.6 is 23.5 Å².